The van der Waals surface area contributed by atoms with Crippen LogP contribution in [0.4, 0.5) is 4.79 Å². The Balaban J connectivity index is 1.45. The summed E-state index contributed by atoms with van der Waals surface area (Å²) in [6, 6.07) is 24.2. The average molecular weight is 456 g/mol. The lowest BCUT2D eigenvalue weighted by atomic mass is 10.0. The molecule has 3 aromatic carbocycles. The van der Waals surface area contributed by atoms with Gasteiger partial charge in [0.1, 0.15) is 6.04 Å². The molecule has 0 aliphatic rings. The Kier molecular flexibility index (Phi) is 7.57. The molecule has 0 radical (unpaired) electrons. The third kappa shape index (κ3) is 6.02. The van der Waals surface area contributed by atoms with Crippen molar-refractivity contribution >= 4 is 22.8 Å². The van der Waals surface area contributed by atoms with Crippen LogP contribution in [0.2, 0.25) is 0 Å². The molecule has 34 heavy (non-hydrogen) atoms. The van der Waals surface area contributed by atoms with Crippen molar-refractivity contribution in [2.75, 3.05) is 0 Å². The highest BCUT2D eigenvalue weighted by molar-refractivity contribution is 5.89. The number of fused-ring (bicyclic) bond motifs is 1. The van der Waals surface area contributed by atoms with Gasteiger partial charge in [-0.25, -0.2) is 4.79 Å². The van der Waals surface area contributed by atoms with Gasteiger partial charge in [0.15, 0.2) is 0 Å². The second kappa shape index (κ2) is 11.2. The summed E-state index contributed by atoms with van der Waals surface area (Å²) in [5.41, 5.74) is 10.6. The number of benzene rings is 3. The molecule has 0 bridgehead atoms. The minimum absolute atomic E-state index is 0.252. The molecule has 0 aliphatic heterocycles. The third-order valence-corrected chi connectivity index (χ3v) is 5.71. The molecule has 6 N–H and O–H groups in total. The number of urea groups is 1. The van der Waals surface area contributed by atoms with Gasteiger partial charge in [0, 0.05) is 43.2 Å². The van der Waals surface area contributed by atoms with Crippen LogP contribution in [0.3, 0.4) is 0 Å². The maximum absolute atomic E-state index is 13.2. The summed E-state index contributed by atoms with van der Waals surface area (Å²) >= 11 is 0. The van der Waals surface area contributed by atoms with Crippen LogP contribution in [0.5, 0.6) is 0 Å². The van der Waals surface area contributed by atoms with Crippen LogP contribution in [-0.4, -0.2) is 23.0 Å². The van der Waals surface area contributed by atoms with Gasteiger partial charge in [-0.15, -0.1) is 0 Å². The molecule has 7 heteroatoms. The molecule has 4 rings (SSSR count). The number of rotatable bonds is 9. The molecule has 1 atom stereocenters. The van der Waals surface area contributed by atoms with E-state index in [9.17, 15) is 9.59 Å². The van der Waals surface area contributed by atoms with Crippen molar-refractivity contribution in [2.24, 2.45) is 5.73 Å². The molecular formula is C27H29N5O2. The van der Waals surface area contributed by atoms with Crippen LogP contribution in [0.25, 0.3) is 10.9 Å². The van der Waals surface area contributed by atoms with Gasteiger partial charge in [0.25, 0.3) is 0 Å². The molecule has 0 unspecified atom stereocenters. The van der Waals surface area contributed by atoms with Crippen molar-refractivity contribution in [3.63, 3.8) is 0 Å². The first-order chi connectivity index (χ1) is 16.6. The molecule has 3 amide bonds. The normalized spacial score (nSPS) is 11.7. The number of aromatic nitrogens is 1. The quantitative estimate of drug-likeness (QED) is 0.267. The average Bonchev–Trinajstić information content (AvgIpc) is 3.29. The zero-order valence-electron chi connectivity index (χ0n) is 18.9. The Morgan fingerprint density at radius 3 is 2.35 bits per heavy atom. The first-order valence-electron chi connectivity index (χ1n) is 11.3. The summed E-state index contributed by atoms with van der Waals surface area (Å²) in [5.74, 6) is -0.252. The SMILES string of the molecule is NCc1cccc(CNC(=O)[C@H](Cc2c[nH]c3ccccc23)NC(=O)NCc2ccccc2)c1. The Bertz CT molecular complexity index is 1250. The van der Waals surface area contributed by atoms with Crippen molar-refractivity contribution in [2.45, 2.75) is 32.1 Å². The van der Waals surface area contributed by atoms with E-state index in [2.05, 4.69) is 20.9 Å². The largest absolute Gasteiger partial charge is 0.361 e. The lowest BCUT2D eigenvalue weighted by molar-refractivity contribution is -0.123. The number of nitrogens with two attached hydrogens (primary N) is 1. The van der Waals surface area contributed by atoms with Crippen molar-refractivity contribution in [1.29, 1.82) is 0 Å². The lowest BCUT2D eigenvalue weighted by Crippen LogP contribution is -2.50. The maximum atomic E-state index is 13.2. The molecule has 0 spiro atoms. The summed E-state index contributed by atoms with van der Waals surface area (Å²) < 4.78 is 0. The van der Waals surface area contributed by atoms with Crippen LogP contribution < -0.4 is 21.7 Å². The Morgan fingerprint density at radius 1 is 0.824 bits per heavy atom. The van der Waals surface area contributed by atoms with Gasteiger partial charge in [-0.2, -0.15) is 0 Å². The van der Waals surface area contributed by atoms with Crippen molar-refractivity contribution < 1.29 is 9.59 Å². The number of nitrogens with one attached hydrogen (secondary N) is 4. The van der Waals surface area contributed by atoms with Crippen LogP contribution in [0, 0.1) is 0 Å². The fourth-order valence-electron chi connectivity index (χ4n) is 3.90. The molecule has 0 fully saturated rings. The Morgan fingerprint density at radius 2 is 1.53 bits per heavy atom. The van der Waals surface area contributed by atoms with E-state index in [4.69, 9.17) is 5.73 Å². The zero-order valence-corrected chi connectivity index (χ0v) is 18.9. The van der Waals surface area contributed by atoms with E-state index >= 15 is 0 Å². The number of aromatic amines is 1. The van der Waals surface area contributed by atoms with Crippen molar-refractivity contribution in [3.8, 4) is 0 Å². The summed E-state index contributed by atoms with van der Waals surface area (Å²) in [6.07, 6.45) is 2.25. The molecule has 0 saturated carbocycles. The summed E-state index contributed by atoms with van der Waals surface area (Å²) in [7, 11) is 0. The highest BCUT2D eigenvalue weighted by atomic mass is 16.2. The number of hydrogen-bond acceptors (Lipinski definition) is 3. The highest BCUT2D eigenvalue weighted by Crippen LogP contribution is 2.19. The van der Waals surface area contributed by atoms with Crippen LogP contribution >= 0.6 is 0 Å². The van der Waals surface area contributed by atoms with Gasteiger partial charge in [-0.1, -0.05) is 72.8 Å². The summed E-state index contributed by atoms with van der Waals surface area (Å²) in [5, 5.41) is 9.68. The summed E-state index contributed by atoms with van der Waals surface area (Å²) in [4.78, 5) is 29.0. The van der Waals surface area contributed by atoms with Gasteiger partial charge in [0.05, 0.1) is 0 Å². The van der Waals surface area contributed by atoms with E-state index in [0.29, 0.717) is 26.1 Å². The molecule has 4 aromatic rings. The maximum Gasteiger partial charge on any atom is 0.315 e. The Labute approximate surface area is 198 Å². The van der Waals surface area contributed by atoms with Crippen molar-refractivity contribution in [1.82, 2.24) is 20.9 Å². The third-order valence-electron chi connectivity index (χ3n) is 5.71. The van der Waals surface area contributed by atoms with E-state index < -0.39 is 12.1 Å². The standard InChI is InChI=1S/C27H29N5O2/c28-15-20-9-6-10-21(13-20)17-30-26(33)25(14-22-18-29-24-12-5-4-11-23(22)24)32-27(34)31-16-19-7-2-1-3-8-19/h1-13,18,25,29H,14-17,28H2,(H,30,33)(H2,31,32,34)/t25-/m0/s1. The number of para-hydroxylation sites is 1. The summed E-state index contributed by atoms with van der Waals surface area (Å²) in [6.45, 7) is 1.17. The molecular weight excluding hydrogens is 426 g/mol. The van der Waals surface area contributed by atoms with Crippen molar-refractivity contribution in [3.05, 3.63) is 107 Å². The minimum Gasteiger partial charge on any atom is -0.361 e. The molecule has 174 valence electrons. The fourth-order valence-corrected chi connectivity index (χ4v) is 3.90. The molecule has 7 nitrogen and oxygen atoms in total. The molecule has 1 aromatic heterocycles. The Hall–Kier alpha value is -4.10. The second-order valence-electron chi connectivity index (χ2n) is 8.17. The topological polar surface area (TPSA) is 112 Å². The first kappa shape index (κ1) is 23.1. The number of amides is 3. The smallest absolute Gasteiger partial charge is 0.315 e. The van der Waals surface area contributed by atoms with Gasteiger partial charge in [-0.05, 0) is 28.3 Å². The monoisotopic (exact) mass is 455 g/mol. The number of H-pyrrole nitrogens is 1. The van der Waals surface area contributed by atoms with E-state index in [-0.39, 0.29) is 5.91 Å². The predicted octanol–water partition coefficient (Wildman–Crippen LogP) is 3.35. The van der Waals surface area contributed by atoms with E-state index in [0.717, 1.165) is 33.2 Å². The van der Waals surface area contributed by atoms with Gasteiger partial charge in [0.2, 0.25) is 5.91 Å². The highest BCUT2D eigenvalue weighted by Gasteiger charge is 2.22. The van der Waals surface area contributed by atoms with Gasteiger partial charge in [-0.3, -0.25) is 4.79 Å². The lowest BCUT2D eigenvalue weighted by Gasteiger charge is -2.19. The number of hydrogen-bond donors (Lipinski definition) is 5. The number of carbonyl (C=O) groups is 2. The van der Waals surface area contributed by atoms with E-state index in [1.165, 1.54) is 0 Å². The molecule has 0 aliphatic carbocycles. The molecule has 0 saturated heterocycles. The zero-order chi connectivity index (χ0) is 23.8. The van der Waals surface area contributed by atoms with E-state index in [1.54, 1.807) is 0 Å². The fraction of sp³-hybridized carbons (Fsp3) is 0.185. The van der Waals surface area contributed by atoms with Crippen LogP contribution in [0.15, 0.2) is 85.1 Å². The first-order valence-corrected chi connectivity index (χ1v) is 11.3. The second-order valence-corrected chi connectivity index (χ2v) is 8.17. The molecule has 1 heterocycles. The minimum atomic E-state index is -0.743. The van der Waals surface area contributed by atoms with Gasteiger partial charge < -0.3 is 26.7 Å². The number of carbonyl (C=O) groups excluding carboxylic acids is 2. The van der Waals surface area contributed by atoms with Crippen LogP contribution in [-0.2, 0) is 30.8 Å². The predicted molar refractivity (Wildman–Crippen MR) is 134 cm³/mol. The van der Waals surface area contributed by atoms with E-state index in [1.807, 2.05) is 85.1 Å². The van der Waals surface area contributed by atoms with Gasteiger partial charge >= 0.3 is 6.03 Å². The van der Waals surface area contributed by atoms with Crippen LogP contribution in [0.1, 0.15) is 22.3 Å².